The lowest BCUT2D eigenvalue weighted by Gasteiger charge is -2.16. The van der Waals surface area contributed by atoms with Crippen LogP contribution in [0.15, 0.2) is 30.6 Å². The highest BCUT2D eigenvalue weighted by Gasteiger charge is 2.13. The molecule has 94 valence electrons. The van der Waals surface area contributed by atoms with Crippen molar-refractivity contribution < 1.29 is 4.79 Å². The van der Waals surface area contributed by atoms with Crippen molar-refractivity contribution >= 4 is 11.6 Å². The van der Waals surface area contributed by atoms with Gasteiger partial charge in [-0.05, 0) is 30.7 Å². The molecule has 1 amide bonds. The molecule has 0 bridgehead atoms. The molecule has 1 aromatic carbocycles. The number of nitrogen functional groups attached to an aromatic ring is 1. The number of nitrogens with zero attached hydrogens (tertiary/aromatic N) is 2. The number of nitrogens with one attached hydrogen (secondary N) is 1. The molecular weight excluding hydrogens is 228 g/mol. The van der Waals surface area contributed by atoms with E-state index in [4.69, 9.17) is 5.73 Å². The predicted octanol–water partition coefficient (Wildman–Crippen LogP) is 1.57. The summed E-state index contributed by atoms with van der Waals surface area (Å²) in [6.07, 6.45) is 3.48. The zero-order valence-corrected chi connectivity index (χ0v) is 10.5. The number of H-pyrrole nitrogens is 1. The minimum absolute atomic E-state index is 0.0284. The minimum Gasteiger partial charge on any atom is -0.399 e. The first-order valence-electron chi connectivity index (χ1n) is 5.67. The van der Waals surface area contributed by atoms with Crippen molar-refractivity contribution in [1.82, 2.24) is 15.1 Å². The van der Waals surface area contributed by atoms with Crippen molar-refractivity contribution in [3.8, 4) is 0 Å². The lowest BCUT2D eigenvalue weighted by atomic mass is 10.1. The van der Waals surface area contributed by atoms with Gasteiger partial charge in [0.25, 0.3) is 5.91 Å². The van der Waals surface area contributed by atoms with Crippen LogP contribution >= 0.6 is 0 Å². The van der Waals surface area contributed by atoms with Gasteiger partial charge in [-0.2, -0.15) is 5.10 Å². The van der Waals surface area contributed by atoms with E-state index in [-0.39, 0.29) is 5.91 Å². The van der Waals surface area contributed by atoms with Gasteiger partial charge in [0.05, 0.1) is 6.20 Å². The summed E-state index contributed by atoms with van der Waals surface area (Å²) in [6, 6.07) is 5.31. The molecule has 5 nitrogen and oxygen atoms in total. The molecule has 0 unspecified atom stereocenters. The maximum Gasteiger partial charge on any atom is 0.253 e. The van der Waals surface area contributed by atoms with E-state index in [1.54, 1.807) is 36.5 Å². The van der Waals surface area contributed by atoms with Gasteiger partial charge in [0, 0.05) is 36.6 Å². The Morgan fingerprint density at radius 1 is 1.50 bits per heavy atom. The molecule has 2 aromatic rings. The van der Waals surface area contributed by atoms with E-state index < -0.39 is 0 Å². The van der Waals surface area contributed by atoms with E-state index in [2.05, 4.69) is 10.2 Å². The Bertz CT molecular complexity index is 548. The van der Waals surface area contributed by atoms with Gasteiger partial charge < -0.3 is 10.6 Å². The van der Waals surface area contributed by atoms with Crippen molar-refractivity contribution in [1.29, 1.82) is 0 Å². The molecule has 2 rings (SSSR count). The topological polar surface area (TPSA) is 75.0 Å². The van der Waals surface area contributed by atoms with E-state index >= 15 is 0 Å². The van der Waals surface area contributed by atoms with E-state index in [1.807, 2.05) is 13.0 Å². The molecule has 0 aliphatic heterocycles. The number of nitrogens with two attached hydrogens (primary N) is 1. The summed E-state index contributed by atoms with van der Waals surface area (Å²) in [5.74, 6) is -0.0284. The second kappa shape index (κ2) is 4.91. The van der Waals surface area contributed by atoms with Crippen LogP contribution in [0.1, 0.15) is 21.5 Å². The summed E-state index contributed by atoms with van der Waals surface area (Å²) < 4.78 is 0. The van der Waals surface area contributed by atoms with Crippen LogP contribution in [0.5, 0.6) is 0 Å². The number of benzene rings is 1. The molecule has 0 radical (unpaired) electrons. The number of amides is 1. The quantitative estimate of drug-likeness (QED) is 0.805. The molecule has 1 heterocycles. The number of hydrogen-bond donors (Lipinski definition) is 2. The molecule has 0 spiro atoms. The number of aryl methyl sites for hydroxylation is 1. The summed E-state index contributed by atoms with van der Waals surface area (Å²) in [6.45, 7) is 2.42. The largest absolute Gasteiger partial charge is 0.399 e. The SMILES string of the molecule is Cc1cc(C(=O)N(C)Cc2cn[nH]c2)ccc1N. The molecule has 1 aromatic heterocycles. The van der Waals surface area contributed by atoms with Gasteiger partial charge >= 0.3 is 0 Å². The number of anilines is 1. The summed E-state index contributed by atoms with van der Waals surface area (Å²) in [5, 5.41) is 6.58. The molecule has 0 saturated carbocycles. The van der Waals surface area contributed by atoms with Crippen LogP contribution in [0.4, 0.5) is 5.69 Å². The van der Waals surface area contributed by atoms with Crippen LogP contribution in [0.3, 0.4) is 0 Å². The van der Waals surface area contributed by atoms with Gasteiger partial charge in [-0.1, -0.05) is 0 Å². The van der Waals surface area contributed by atoms with Crippen molar-refractivity contribution in [3.05, 3.63) is 47.3 Å². The molecule has 0 atom stereocenters. The number of rotatable bonds is 3. The zero-order chi connectivity index (χ0) is 13.1. The Morgan fingerprint density at radius 3 is 2.89 bits per heavy atom. The second-order valence-corrected chi connectivity index (χ2v) is 4.34. The average molecular weight is 244 g/mol. The van der Waals surface area contributed by atoms with Gasteiger partial charge in [0.1, 0.15) is 0 Å². The van der Waals surface area contributed by atoms with Crippen LogP contribution < -0.4 is 5.73 Å². The summed E-state index contributed by atoms with van der Waals surface area (Å²) in [4.78, 5) is 13.8. The molecule has 0 aliphatic carbocycles. The highest BCUT2D eigenvalue weighted by Crippen LogP contribution is 2.14. The molecule has 0 saturated heterocycles. The fraction of sp³-hybridized carbons (Fsp3) is 0.231. The van der Waals surface area contributed by atoms with Gasteiger partial charge in [0.15, 0.2) is 0 Å². The highest BCUT2D eigenvalue weighted by atomic mass is 16.2. The van der Waals surface area contributed by atoms with Crippen molar-refractivity contribution in [2.75, 3.05) is 12.8 Å². The number of carbonyl (C=O) groups is 1. The first-order valence-corrected chi connectivity index (χ1v) is 5.67. The smallest absolute Gasteiger partial charge is 0.253 e. The lowest BCUT2D eigenvalue weighted by molar-refractivity contribution is 0.0785. The van der Waals surface area contributed by atoms with E-state index in [9.17, 15) is 4.79 Å². The second-order valence-electron chi connectivity index (χ2n) is 4.34. The number of aromatic amines is 1. The standard InChI is InChI=1S/C13H16N4O/c1-9-5-11(3-4-12(9)14)13(18)17(2)8-10-6-15-16-7-10/h3-7H,8,14H2,1-2H3,(H,15,16). The van der Waals surface area contributed by atoms with Crippen LogP contribution in [0.25, 0.3) is 0 Å². The monoisotopic (exact) mass is 244 g/mol. The Kier molecular flexibility index (Phi) is 3.32. The predicted molar refractivity (Wildman–Crippen MR) is 70.0 cm³/mol. The molecule has 0 aliphatic rings. The molecule has 5 heteroatoms. The number of hydrogen-bond acceptors (Lipinski definition) is 3. The summed E-state index contributed by atoms with van der Waals surface area (Å²) in [5.41, 5.74) is 8.97. The first-order chi connectivity index (χ1) is 8.58. The first kappa shape index (κ1) is 12.2. The normalized spacial score (nSPS) is 10.3. The Labute approximate surface area is 106 Å². The van der Waals surface area contributed by atoms with Crippen LogP contribution in [-0.2, 0) is 6.54 Å². The van der Waals surface area contributed by atoms with E-state index in [0.29, 0.717) is 17.8 Å². The molecule has 0 fully saturated rings. The summed E-state index contributed by atoms with van der Waals surface area (Å²) >= 11 is 0. The van der Waals surface area contributed by atoms with E-state index in [0.717, 1.165) is 11.1 Å². The van der Waals surface area contributed by atoms with Gasteiger partial charge in [-0.25, -0.2) is 0 Å². The van der Waals surface area contributed by atoms with Gasteiger partial charge in [-0.3, -0.25) is 9.89 Å². The third-order valence-electron chi connectivity index (χ3n) is 2.84. The van der Waals surface area contributed by atoms with Crippen molar-refractivity contribution in [2.45, 2.75) is 13.5 Å². The van der Waals surface area contributed by atoms with Gasteiger partial charge in [0.2, 0.25) is 0 Å². The Morgan fingerprint density at radius 2 is 2.28 bits per heavy atom. The Balaban J connectivity index is 2.12. The lowest BCUT2D eigenvalue weighted by Crippen LogP contribution is -2.26. The Hall–Kier alpha value is -2.30. The van der Waals surface area contributed by atoms with E-state index in [1.165, 1.54) is 0 Å². The minimum atomic E-state index is -0.0284. The maximum absolute atomic E-state index is 12.2. The van der Waals surface area contributed by atoms with Crippen LogP contribution in [-0.4, -0.2) is 28.1 Å². The van der Waals surface area contributed by atoms with Crippen LogP contribution in [0.2, 0.25) is 0 Å². The fourth-order valence-electron chi connectivity index (χ4n) is 1.74. The third kappa shape index (κ3) is 2.51. The summed E-state index contributed by atoms with van der Waals surface area (Å²) in [7, 11) is 1.76. The van der Waals surface area contributed by atoms with Crippen molar-refractivity contribution in [3.63, 3.8) is 0 Å². The number of carbonyl (C=O) groups excluding carboxylic acids is 1. The molecular formula is C13H16N4O. The zero-order valence-electron chi connectivity index (χ0n) is 10.5. The van der Waals surface area contributed by atoms with Crippen LogP contribution in [0, 0.1) is 6.92 Å². The molecule has 18 heavy (non-hydrogen) atoms. The van der Waals surface area contributed by atoms with Gasteiger partial charge in [-0.15, -0.1) is 0 Å². The maximum atomic E-state index is 12.2. The fourth-order valence-corrected chi connectivity index (χ4v) is 1.74. The average Bonchev–Trinajstić information content (AvgIpc) is 2.84. The highest BCUT2D eigenvalue weighted by molar-refractivity contribution is 5.94. The molecule has 3 N–H and O–H groups in total. The number of aromatic nitrogens is 2. The third-order valence-corrected chi connectivity index (χ3v) is 2.84. The van der Waals surface area contributed by atoms with Crippen molar-refractivity contribution in [2.24, 2.45) is 0 Å².